The maximum absolute atomic E-state index is 12.3. The second kappa shape index (κ2) is 7.96. The molecule has 1 aromatic heterocycles. The van der Waals surface area contributed by atoms with Gasteiger partial charge in [-0.05, 0) is 49.2 Å². The molecule has 2 atom stereocenters. The van der Waals surface area contributed by atoms with E-state index >= 15 is 0 Å². The van der Waals surface area contributed by atoms with E-state index in [0.29, 0.717) is 17.4 Å². The van der Waals surface area contributed by atoms with Crippen LogP contribution in [-0.2, 0) is 4.79 Å². The molecule has 0 saturated carbocycles. The molecule has 132 valence electrons. The highest BCUT2D eigenvalue weighted by Crippen LogP contribution is 2.17. The molecule has 3 rings (SSSR count). The topological polar surface area (TPSA) is 95.4 Å². The van der Waals surface area contributed by atoms with Crippen molar-refractivity contribution in [1.82, 2.24) is 10.9 Å². The van der Waals surface area contributed by atoms with Gasteiger partial charge in [-0.1, -0.05) is 13.3 Å². The quantitative estimate of drug-likeness (QED) is 0.647. The monoisotopic (exact) mass is 342 g/mol. The second-order valence-corrected chi connectivity index (χ2v) is 6.06. The van der Waals surface area contributed by atoms with E-state index in [1.54, 1.807) is 36.4 Å². The predicted octanol–water partition coefficient (Wildman–Crippen LogP) is 2.51. The number of anilines is 2. The van der Waals surface area contributed by atoms with Gasteiger partial charge in [-0.3, -0.25) is 15.0 Å². The zero-order chi connectivity index (χ0) is 17.6. The molecule has 7 heteroatoms. The van der Waals surface area contributed by atoms with E-state index in [2.05, 4.69) is 28.4 Å². The molecule has 2 heterocycles. The van der Waals surface area contributed by atoms with Gasteiger partial charge >= 0.3 is 0 Å². The van der Waals surface area contributed by atoms with E-state index in [4.69, 9.17) is 4.42 Å². The fourth-order valence-corrected chi connectivity index (χ4v) is 2.80. The maximum atomic E-state index is 12.3. The van der Waals surface area contributed by atoms with Gasteiger partial charge < -0.3 is 15.1 Å². The van der Waals surface area contributed by atoms with E-state index in [-0.39, 0.29) is 23.6 Å². The van der Waals surface area contributed by atoms with E-state index in [1.165, 1.54) is 6.26 Å². The number of benzene rings is 1. The first-order valence-corrected chi connectivity index (χ1v) is 8.42. The minimum absolute atomic E-state index is 0.0709. The van der Waals surface area contributed by atoms with E-state index < -0.39 is 0 Å². The van der Waals surface area contributed by atoms with Crippen LogP contribution in [0.15, 0.2) is 47.1 Å². The Morgan fingerprint density at radius 3 is 2.48 bits per heavy atom. The second-order valence-electron chi connectivity index (χ2n) is 6.06. The van der Waals surface area contributed by atoms with E-state index in [0.717, 1.165) is 19.3 Å². The van der Waals surface area contributed by atoms with Gasteiger partial charge in [-0.15, -0.1) is 0 Å². The van der Waals surface area contributed by atoms with Crippen LogP contribution in [0.1, 0.15) is 36.7 Å². The van der Waals surface area contributed by atoms with Crippen LogP contribution in [0.5, 0.6) is 0 Å². The molecule has 25 heavy (non-hydrogen) atoms. The van der Waals surface area contributed by atoms with Crippen LogP contribution in [0.3, 0.4) is 0 Å². The molecule has 1 fully saturated rings. The molecule has 0 aliphatic carbocycles. The first-order chi connectivity index (χ1) is 12.2. The Bertz CT molecular complexity index is 712. The Morgan fingerprint density at radius 1 is 1.12 bits per heavy atom. The Labute approximate surface area is 146 Å². The van der Waals surface area contributed by atoms with Crippen molar-refractivity contribution in [1.29, 1.82) is 0 Å². The maximum Gasteiger partial charge on any atom is 0.291 e. The Kier molecular flexibility index (Phi) is 5.47. The fourth-order valence-electron chi connectivity index (χ4n) is 2.80. The highest BCUT2D eigenvalue weighted by Gasteiger charge is 2.28. The number of hydrogen-bond donors (Lipinski definition) is 4. The van der Waals surface area contributed by atoms with Crippen molar-refractivity contribution in [3.05, 3.63) is 48.4 Å². The lowest BCUT2D eigenvalue weighted by atomic mass is 10.1. The van der Waals surface area contributed by atoms with Gasteiger partial charge in [-0.2, -0.15) is 0 Å². The van der Waals surface area contributed by atoms with Gasteiger partial charge in [0.05, 0.1) is 6.26 Å². The first-order valence-electron chi connectivity index (χ1n) is 8.42. The first kappa shape index (κ1) is 17.2. The molecule has 1 saturated heterocycles. The zero-order valence-electron chi connectivity index (χ0n) is 14.0. The van der Waals surface area contributed by atoms with Crippen molar-refractivity contribution in [2.45, 2.75) is 38.3 Å². The molecule has 7 nitrogen and oxygen atoms in total. The third-order valence-corrected chi connectivity index (χ3v) is 4.09. The summed E-state index contributed by atoms with van der Waals surface area (Å²) < 4.78 is 5.04. The molecular formula is C18H22N4O3. The van der Waals surface area contributed by atoms with Gasteiger partial charge in [-0.25, -0.2) is 5.43 Å². The average molecular weight is 342 g/mol. The van der Waals surface area contributed by atoms with Gasteiger partial charge in [0.2, 0.25) is 5.91 Å². The van der Waals surface area contributed by atoms with Crippen molar-refractivity contribution in [2.24, 2.45) is 0 Å². The lowest BCUT2D eigenvalue weighted by Crippen LogP contribution is -2.40. The number of hydrazine groups is 1. The molecular weight excluding hydrogens is 320 g/mol. The number of amides is 2. The van der Waals surface area contributed by atoms with Crippen LogP contribution in [0.4, 0.5) is 11.4 Å². The molecule has 0 radical (unpaired) electrons. The molecule has 4 N–H and O–H groups in total. The van der Waals surface area contributed by atoms with Crippen LogP contribution in [0.25, 0.3) is 0 Å². The Balaban J connectivity index is 1.52. The minimum Gasteiger partial charge on any atom is -0.459 e. The molecule has 1 aliphatic rings. The van der Waals surface area contributed by atoms with Crippen LogP contribution in [0.2, 0.25) is 0 Å². The highest BCUT2D eigenvalue weighted by molar-refractivity contribution is 6.02. The lowest BCUT2D eigenvalue weighted by molar-refractivity contribution is -0.117. The van der Waals surface area contributed by atoms with Crippen LogP contribution < -0.4 is 21.5 Å². The number of furan rings is 1. The van der Waals surface area contributed by atoms with Crippen molar-refractivity contribution < 1.29 is 14.0 Å². The molecule has 2 aromatic rings. The summed E-state index contributed by atoms with van der Waals surface area (Å²) in [6.45, 7) is 2.13. The average Bonchev–Trinajstić information content (AvgIpc) is 3.28. The van der Waals surface area contributed by atoms with Crippen molar-refractivity contribution in [2.75, 3.05) is 10.6 Å². The van der Waals surface area contributed by atoms with Gasteiger partial charge in [0.15, 0.2) is 5.76 Å². The van der Waals surface area contributed by atoms with E-state index in [9.17, 15) is 9.59 Å². The normalized spacial score (nSPS) is 19.6. The Morgan fingerprint density at radius 2 is 1.84 bits per heavy atom. The summed E-state index contributed by atoms with van der Waals surface area (Å²) in [7, 11) is 0. The van der Waals surface area contributed by atoms with Crippen molar-refractivity contribution in [3.8, 4) is 0 Å². The Hall–Kier alpha value is -2.64. The van der Waals surface area contributed by atoms with Crippen molar-refractivity contribution >= 4 is 23.2 Å². The largest absolute Gasteiger partial charge is 0.459 e. The van der Waals surface area contributed by atoms with Crippen molar-refractivity contribution in [3.63, 3.8) is 0 Å². The summed E-state index contributed by atoms with van der Waals surface area (Å²) in [4.78, 5) is 24.2. The summed E-state index contributed by atoms with van der Waals surface area (Å²) >= 11 is 0. The van der Waals surface area contributed by atoms with Gasteiger partial charge in [0, 0.05) is 17.4 Å². The molecule has 2 amide bonds. The highest BCUT2D eigenvalue weighted by atomic mass is 16.3. The third-order valence-electron chi connectivity index (χ3n) is 4.09. The minimum atomic E-state index is -0.315. The standard InChI is InChI=1S/C18H22N4O3/c1-2-4-14-11-15(22-21-14)17(23)19-12-6-8-13(9-7-12)20-18(24)16-5-3-10-25-16/h3,5-10,14-15,21-22H,2,4,11H2,1H3,(H,19,23)(H,20,24). The zero-order valence-corrected chi connectivity index (χ0v) is 14.0. The van der Waals surface area contributed by atoms with Crippen LogP contribution in [0, 0.1) is 0 Å². The molecule has 0 spiro atoms. The van der Waals surface area contributed by atoms with E-state index in [1.807, 2.05) is 0 Å². The summed E-state index contributed by atoms with van der Waals surface area (Å²) in [5.74, 6) is -0.137. The fraction of sp³-hybridized carbons (Fsp3) is 0.333. The number of carbonyl (C=O) groups is 2. The number of carbonyl (C=O) groups excluding carboxylic acids is 2. The smallest absolute Gasteiger partial charge is 0.291 e. The molecule has 1 aliphatic heterocycles. The summed E-state index contributed by atoms with van der Waals surface area (Å²) in [5, 5.41) is 5.61. The summed E-state index contributed by atoms with van der Waals surface area (Å²) in [6.07, 6.45) is 4.35. The van der Waals surface area contributed by atoms with Crippen LogP contribution >= 0.6 is 0 Å². The molecule has 2 unspecified atom stereocenters. The third kappa shape index (κ3) is 4.46. The van der Waals surface area contributed by atoms with Gasteiger partial charge in [0.25, 0.3) is 5.91 Å². The molecule has 0 bridgehead atoms. The SMILES string of the molecule is CCCC1CC(C(=O)Nc2ccc(NC(=O)c3ccco3)cc2)NN1. The van der Waals surface area contributed by atoms with Crippen LogP contribution in [-0.4, -0.2) is 23.9 Å². The number of rotatable bonds is 6. The number of nitrogens with one attached hydrogen (secondary N) is 4. The lowest BCUT2D eigenvalue weighted by Gasteiger charge is -2.11. The summed E-state index contributed by atoms with van der Waals surface area (Å²) in [6, 6.07) is 10.3. The molecule has 1 aromatic carbocycles. The summed E-state index contributed by atoms with van der Waals surface area (Å²) in [5.41, 5.74) is 7.50. The predicted molar refractivity (Wildman–Crippen MR) is 95.1 cm³/mol. The number of hydrogen-bond acceptors (Lipinski definition) is 5. The van der Waals surface area contributed by atoms with Gasteiger partial charge in [0.1, 0.15) is 6.04 Å².